The van der Waals surface area contributed by atoms with Gasteiger partial charge in [-0.25, -0.2) is 4.79 Å². The number of nitrogens with zero attached hydrogens (tertiary/aromatic N) is 2. The molecule has 2 saturated heterocycles. The predicted octanol–water partition coefficient (Wildman–Crippen LogP) is 0.294. The third-order valence-corrected chi connectivity index (χ3v) is 7.09. The van der Waals surface area contributed by atoms with Crippen molar-refractivity contribution >= 4 is 5.97 Å². The molecular weight excluding hydrogens is 444 g/mol. The van der Waals surface area contributed by atoms with E-state index in [-0.39, 0.29) is 6.61 Å². The van der Waals surface area contributed by atoms with Gasteiger partial charge in [-0.2, -0.15) is 0 Å². The number of ether oxygens (including phenoxy) is 4. The van der Waals surface area contributed by atoms with Gasteiger partial charge in [0.1, 0.15) is 24.2 Å². The predicted molar refractivity (Wildman–Crippen MR) is 122 cm³/mol. The van der Waals surface area contributed by atoms with Crippen LogP contribution in [0.4, 0.5) is 0 Å². The van der Waals surface area contributed by atoms with E-state index in [1.165, 1.54) is 0 Å². The molecule has 1 aromatic carbocycles. The van der Waals surface area contributed by atoms with E-state index in [4.69, 9.17) is 18.9 Å². The van der Waals surface area contributed by atoms with E-state index in [0.29, 0.717) is 62.9 Å². The maximum atomic E-state index is 12.2. The molecular formula is C24H36N2O8. The summed E-state index contributed by atoms with van der Waals surface area (Å²) in [4.78, 5) is 16.6. The van der Waals surface area contributed by atoms with Gasteiger partial charge >= 0.3 is 11.8 Å². The highest BCUT2D eigenvalue weighted by Gasteiger charge is 2.63. The number of fused-ring (bicyclic) bond motifs is 1. The second-order valence-electron chi connectivity index (χ2n) is 9.45. The third kappa shape index (κ3) is 5.17. The molecule has 10 nitrogen and oxygen atoms in total. The normalized spacial score (nSPS) is 28.8. The lowest BCUT2D eigenvalue weighted by Gasteiger charge is -2.36. The maximum absolute atomic E-state index is 12.2. The zero-order valence-corrected chi connectivity index (χ0v) is 19.8. The van der Waals surface area contributed by atoms with Crippen molar-refractivity contribution < 1.29 is 39.1 Å². The summed E-state index contributed by atoms with van der Waals surface area (Å²) in [6.07, 6.45) is 0.335. The number of carbonyl (C=O) groups is 1. The summed E-state index contributed by atoms with van der Waals surface area (Å²) >= 11 is 0. The molecule has 0 aliphatic carbocycles. The van der Waals surface area contributed by atoms with Gasteiger partial charge in [-0.3, -0.25) is 9.80 Å². The first-order valence-electron chi connectivity index (χ1n) is 12.0. The van der Waals surface area contributed by atoms with E-state index in [9.17, 15) is 20.1 Å². The minimum absolute atomic E-state index is 0.0448. The van der Waals surface area contributed by atoms with Gasteiger partial charge in [0.2, 0.25) is 0 Å². The minimum atomic E-state index is -2.41. The quantitative estimate of drug-likeness (QED) is 0.431. The fraction of sp³-hybridized carbons (Fsp3) is 0.708. The lowest BCUT2D eigenvalue weighted by Crippen LogP contribution is -2.56. The number of aliphatic hydroxyl groups is 2. The van der Waals surface area contributed by atoms with E-state index >= 15 is 0 Å². The Morgan fingerprint density at radius 1 is 1.12 bits per heavy atom. The number of hydrogen-bond acceptors (Lipinski definition) is 9. The lowest BCUT2D eigenvalue weighted by molar-refractivity contribution is -0.208. The van der Waals surface area contributed by atoms with E-state index < -0.39 is 23.3 Å². The van der Waals surface area contributed by atoms with Gasteiger partial charge in [-0.05, 0) is 38.4 Å². The fourth-order valence-corrected chi connectivity index (χ4v) is 5.08. The van der Waals surface area contributed by atoms with Crippen LogP contribution in [0.5, 0.6) is 11.5 Å². The van der Waals surface area contributed by atoms with Crippen molar-refractivity contribution in [2.75, 3.05) is 72.3 Å². The molecule has 0 bridgehead atoms. The van der Waals surface area contributed by atoms with Crippen LogP contribution in [0.15, 0.2) is 18.2 Å². The van der Waals surface area contributed by atoms with Gasteiger partial charge in [0.15, 0.2) is 0 Å². The molecule has 4 rings (SSSR count). The van der Waals surface area contributed by atoms with Crippen molar-refractivity contribution in [2.24, 2.45) is 0 Å². The van der Waals surface area contributed by atoms with Crippen molar-refractivity contribution in [3.8, 4) is 11.5 Å². The molecule has 0 saturated carbocycles. The third-order valence-electron chi connectivity index (χ3n) is 7.09. The van der Waals surface area contributed by atoms with Gasteiger partial charge in [0, 0.05) is 38.3 Å². The molecule has 2 fully saturated rings. The summed E-state index contributed by atoms with van der Waals surface area (Å²) in [5, 5.41) is 31.6. The number of rotatable bonds is 10. The van der Waals surface area contributed by atoms with Gasteiger partial charge in [-0.15, -0.1) is 0 Å². The Labute approximate surface area is 200 Å². The zero-order chi connectivity index (χ0) is 24.2. The summed E-state index contributed by atoms with van der Waals surface area (Å²) in [5.74, 6) is -3.13. The zero-order valence-electron chi connectivity index (χ0n) is 19.8. The van der Waals surface area contributed by atoms with Crippen LogP contribution in [-0.2, 0) is 19.7 Å². The Balaban J connectivity index is 1.48. The summed E-state index contributed by atoms with van der Waals surface area (Å²) < 4.78 is 22.4. The van der Waals surface area contributed by atoms with Crippen LogP contribution in [0.2, 0.25) is 0 Å². The molecule has 190 valence electrons. The Kier molecular flexibility index (Phi) is 7.96. The molecule has 3 atom stereocenters. The molecule has 3 aliphatic rings. The summed E-state index contributed by atoms with van der Waals surface area (Å²) in [6, 6.07) is 5.08. The second kappa shape index (κ2) is 10.8. The molecule has 0 spiro atoms. The van der Waals surface area contributed by atoms with Crippen LogP contribution in [0, 0.1) is 0 Å². The Bertz CT molecular complexity index is 842. The number of hydrogen-bond donors (Lipinski definition) is 3. The standard InChI is InChI=1S/C24H36N2O8/c1-23(6-3-7-25-8-12-31-13-9-25)21-19(4-2-5-20(21)34-24(23,30)22(28)29)33-17-18(27)16-26-10-14-32-15-11-26/h2,4-5,18,27,30H,3,6-17H2,1H3,(H,28,29). The smallest absolute Gasteiger partial charge is 0.378 e. The molecule has 10 heteroatoms. The number of morpholine rings is 2. The molecule has 0 amide bonds. The maximum Gasteiger partial charge on any atom is 0.378 e. The second-order valence-corrected chi connectivity index (χ2v) is 9.45. The Hall–Kier alpha value is -1.95. The monoisotopic (exact) mass is 480 g/mol. The Morgan fingerprint density at radius 3 is 2.41 bits per heavy atom. The van der Waals surface area contributed by atoms with Crippen molar-refractivity contribution in [2.45, 2.75) is 37.1 Å². The highest BCUT2D eigenvalue weighted by molar-refractivity contribution is 5.81. The molecule has 3 unspecified atom stereocenters. The molecule has 3 aliphatic heterocycles. The topological polar surface area (TPSA) is 121 Å². The van der Waals surface area contributed by atoms with E-state index in [1.807, 2.05) is 0 Å². The first kappa shape index (κ1) is 25.2. The highest BCUT2D eigenvalue weighted by Crippen LogP contribution is 2.54. The van der Waals surface area contributed by atoms with Crippen molar-refractivity contribution in [3.63, 3.8) is 0 Å². The van der Waals surface area contributed by atoms with Gasteiger partial charge in [0.25, 0.3) is 0 Å². The number of benzene rings is 1. The van der Waals surface area contributed by atoms with Gasteiger partial charge in [-0.1, -0.05) is 6.07 Å². The first-order valence-corrected chi connectivity index (χ1v) is 12.0. The summed E-state index contributed by atoms with van der Waals surface area (Å²) in [6.45, 7) is 8.85. The van der Waals surface area contributed by atoms with Crippen LogP contribution in [-0.4, -0.2) is 115 Å². The first-order chi connectivity index (χ1) is 16.3. The average Bonchev–Trinajstić information content (AvgIpc) is 3.07. The van der Waals surface area contributed by atoms with Gasteiger partial charge in [0.05, 0.1) is 31.8 Å². The molecule has 34 heavy (non-hydrogen) atoms. The molecule has 0 aromatic heterocycles. The van der Waals surface area contributed by atoms with Crippen molar-refractivity contribution in [1.82, 2.24) is 9.80 Å². The van der Waals surface area contributed by atoms with Crippen LogP contribution in [0.3, 0.4) is 0 Å². The van der Waals surface area contributed by atoms with E-state index in [0.717, 1.165) is 32.7 Å². The Morgan fingerprint density at radius 2 is 1.76 bits per heavy atom. The number of carboxylic acid groups (broad SMARTS) is 1. The van der Waals surface area contributed by atoms with E-state index in [2.05, 4.69) is 9.80 Å². The summed E-state index contributed by atoms with van der Waals surface area (Å²) in [7, 11) is 0. The number of aliphatic hydroxyl groups excluding tert-OH is 1. The molecule has 0 radical (unpaired) electrons. The molecule has 1 aromatic rings. The fourth-order valence-electron chi connectivity index (χ4n) is 5.08. The largest absolute Gasteiger partial charge is 0.490 e. The highest BCUT2D eigenvalue weighted by atomic mass is 16.7. The SMILES string of the molecule is CC1(CCCN2CCOCC2)c2c(OCC(O)CN3CCOCC3)cccc2OC1(O)C(=O)O. The number of carboxylic acids is 1. The minimum Gasteiger partial charge on any atom is -0.490 e. The van der Waals surface area contributed by atoms with Crippen molar-refractivity contribution in [3.05, 3.63) is 23.8 Å². The lowest BCUT2D eigenvalue weighted by atomic mass is 9.72. The van der Waals surface area contributed by atoms with Crippen LogP contribution < -0.4 is 9.47 Å². The molecule has 3 heterocycles. The van der Waals surface area contributed by atoms with Crippen LogP contribution in [0.1, 0.15) is 25.3 Å². The molecule has 3 N–H and O–H groups in total. The van der Waals surface area contributed by atoms with Crippen LogP contribution in [0.25, 0.3) is 0 Å². The average molecular weight is 481 g/mol. The van der Waals surface area contributed by atoms with Gasteiger partial charge < -0.3 is 34.3 Å². The van der Waals surface area contributed by atoms with E-state index in [1.54, 1.807) is 25.1 Å². The number of aliphatic carboxylic acids is 1. The van der Waals surface area contributed by atoms with Crippen molar-refractivity contribution in [1.29, 1.82) is 0 Å². The number of β-amino-alcohol motifs (C(OH)–C–C–N with tert-alkyl or cyclic N) is 1. The summed E-state index contributed by atoms with van der Waals surface area (Å²) in [5.41, 5.74) is -0.702. The van der Waals surface area contributed by atoms with Crippen LogP contribution >= 0.6 is 0 Å².